The Hall–Kier alpha value is -4.00. The molecular weight excluding hydrogens is 559 g/mol. The molecule has 0 aliphatic heterocycles. The van der Waals surface area contributed by atoms with E-state index in [4.69, 9.17) is 42.5 Å². The van der Waals surface area contributed by atoms with Crippen molar-refractivity contribution < 1.29 is 19.0 Å². The van der Waals surface area contributed by atoms with E-state index in [9.17, 15) is 4.79 Å². The first-order valence-electron chi connectivity index (χ1n) is 13.4. The van der Waals surface area contributed by atoms with Crippen LogP contribution in [0.5, 0.6) is 11.5 Å². The normalized spacial score (nSPS) is 11.0. The average molecular weight is 590 g/mol. The first-order chi connectivity index (χ1) is 19.9. The lowest BCUT2D eigenvalue weighted by Crippen LogP contribution is -2.07. The minimum absolute atomic E-state index is 0.202. The van der Waals surface area contributed by atoms with Crippen molar-refractivity contribution in [2.24, 2.45) is 0 Å². The number of halogens is 2. The van der Waals surface area contributed by atoms with Gasteiger partial charge >= 0.3 is 5.97 Å². The molecule has 0 spiro atoms. The van der Waals surface area contributed by atoms with Gasteiger partial charge in [-0.05, 0) is 84.3 Å². The van der Waals surface area contributed by atoms with Crippen LogP contribution in [0.4, 0.5) is 0 Å². The molecule has 5 aromatic rings. The van der Waals surface area contributed by atoms with Crippen molar-refractivity contribution in [3.63, 3.8) is 0 Å². The van der Waals surface area contributed by atoms with Gasteiger partial charge in [0.25, 0.3) is 0 Å². The van der Waals surface area contributed by atoms with Gasteiger partial charge in [-0.15, -0.1) is 0 Å². The van der Waals surface area contributed by atoms with Crippen LogP contribution in [0.2, 0.25) is 10.0 Å². The van der Waals surface area contributed by atoms with Gasteiger partial charge in [0.1, 0.15) is 11.5 Å². The molecule has 0 radical (unpaired) electrons. The molecule has 0 bridgehead atoms. The molecule has 1 heterocycles. The van der Waals surface area contributed by atoms with E-state index in [1.807, 2.05) is 53.2 Å². The molecule has 0 saturated heterocycles. The summed E-state index contributed by atoms with van der Waals surface area (Å²) >= 11 is 12.6. The van der Waals surface area contributed by atoms with Gasteiger partial charge in [-0.3, -0.25) is 9.48 Å². The van der Waals surface area contributed by atoms with Crippen LogP contribution in [0, 0.1) is 0 Å². The smallest absolute Gasteiger partial charge is 0.305 e. The fraction of sp³-hybridized carbons (Fsp3) is 0.212. The highest BCUT2D eigenvalue weighted by Crippen LogP contribution is 2.33. The van der Waals surface area contributed by atoms with E-state index < -0.39 is 0 Å². The van der Waals surface area contributed by atoms with Crippen LogP contribution in [0.1, 0.15) is 25.3 Å². The number of rotatable bonds is 11. The summed E-state index contributed by atoms with van der Waals surface area (Å²) in [5.74, 6) is 1.37. The Balaban J connectivity index is 1.40. The summed E-state index contributed by atoms with van der Waals surface area (Å²) < 4.78 is 18.1. The molecular formula is C33H30Cl2N2O4. The van der Waals surface area contributed by atoms with Gasteiger partial charge in [-0.25, -0.2) is 0 Å². The maximum atomic E-state index is 11.5. The summed E-state index contributed by atoms with van der Waals surface area (Å²) in [6.45, 7) is 3.19. The molecule has 0 unspecified atom stereocenters. The quantitative estimate of drug-likeness (QED) is 0.114. The fourth-order valence-electron chi connectivity index (χ4n) is 4.63. The van der Waals surface area contributed by atoms with Crippen LogP contribution in [0.15, 0.2) is 84.9 Å². The zero-order valence-corrected chi connectivity index (χ0v) is 24.4. The molecule has 0 atom stereocenters. The van der Waals surface area contributed by atoms with E-state index in [1.165, 1.54) is 0 Å². The first-order valence-corrected chi connectivity index (χ1v) is 14.2. The Morgan fingerprint density at radius 2 is 1.54 bits per heavy atom. The molecule has 41 heavy (non-hydrogen) atoms. The van der Waals surface area contributed by atoms with Crippen LogP contribution in [0.25, 0.3) is 33.3 Å². The molecule has 6 nitrogen and oxygen atoms in total. The molecule has 0 aliphatic carbocycles. The summed E-state index contributed by atoms with van der Waals surface area (Å²) in [5, 5.41) is 8.27. The van der Waals surface area contributed by atoms with E-state index in [-0.39, 0.29) is 5.97 Å². The number of fused-ring (bicyclic) bond motifs is 1. The lowest BCUT2D eigenvalue weighted by Gasteiger charge is -2.11. The highest BCUT2D eigenvalue weighted by molar-refractivity contribution is 6.35. The third kappa shape index (κ3) is 7.20. The lowest BCUT2D eigenvalue weighted by atomic mass is 10.0. The Labute approximate surface area is 249 Å². The van der Waals surface area contributed by atoms with Crippen molar-refractivity contribution >= 4 is 39.9 Å². The number of esters is 1. The number of nitrogens with zero attached hydrogens (tertiary/aromatic N) is 2. The molecule has 4 aromatic carbocycles. The average Bonchev–Trinajstić information content (AvgIpc) is 3.39. The number of hydrogen-bond acceptors (Lipinski definition) is 5. The molecule has 0 N–H and O–H groups in total. The van der Waals surface area contributed by atoms with Crippen molar-refractivity contribution in [1.82, 2.24) is 9.78 Å². The predicted molar refractivity (Wildman–Crippen MR) is 164 cm³/mol. The first kappa shape index (κ1) is 28.5. The second kappa shape index (κ2) is 13.1. The molecule has 210 valence electrons. The van der Waals surface area contributed by atoms with E-state index in [0.717, 1.165) is 50.3 Å². The number of ether oxygens (including phenoxy) is 3. The minimum Gasteiger partial charge on any atom is -0.497 e. The van der Waals surface area contributed by atoms with Crippen molar-refractivity contribution in [3.05, 3.63) is 101 Å². The number of carbonyl (C=O) groups excluding carboxylic acids is 1. The number of hydrogen-bond donors (Lipinski definition) is 0. The third-order valence-electron chi connectivity index (χ3n) is 6.64. The molecule has 1 aromatic heterocycles. The van der Waals surface area contributed by atoms with Crippen LogP contribution < -0.4 is 9.47 Å². The second-order valence-corrected chi connectivity index (χ2v) is 10.4. The number of methoxy groups -OCH3 is 1. The fourth-order valence-corrected chi connectivity index (χ4v) is 5.15. The van der Waals surface area contributed by atoms with Gasteiger partial charge in [0.15, 0.2) is 0 Å². The van der Waals surface area contributed by atoms with Crippen LogP contribution in [-0.4, -0.2) is 36.1 Å². The monoisotopic (exact) mass is 588 g/mol. The maximum Gasteiger partial charge on any atom is 0.305 e. The summed E-state index contributed by atoms with van der Waals surface area (Å²) in [4.78, 5) is 11.5. The van der Waals surface area contributed by atoms with E-state index >= 15 is 0 Å². The van der Waals surface area contributed by atoms with E-state index in [0.29, 0.717) is 42.6 Å². The van der Waals surface area contributed by atoms with Crippen LogP contribution in [0.3, 0.4) is 0 Å². The highest BCUT2D eigenvalue weighted by Gasteiger charge is 2.14. The zero-order chi connectivity index (χ0) is 28.8. The molecule has 5 rings (SSSR count). The molecule has 0 saturated carbocycles. The summed E-state index contributed by atoms with van der Waals surface area (Å²) in [6.07, 6.45) is 0.947. The highest BCUT2D eigenvalue weighted by atomic mass is 35.5. The van der Waals surface area contributed by atoms with E-state index in [2.05, 4.69) is 30.3 Å². The van der Waals surface area contributed by atoms with Gasteiger partial charge in [0.2, 0.25) is 0 Å². The van der Waals surface area contributed by atoms with Gasteiger partial charge in [-0.2, -0.15) is 5.10 Å². The zero-order valence-electron chi connectivity index (χ0n) is 22.9. The van der Waals surface area contributed by atoms with Crippen molar-refractivity contribution in [2.45, 2.75) is 26.3 Å². The van der Waals surface area contributed by atoms with Gasteiger partial charge in [0, 0.05) is 27.6 Å². The molecule has 0 aliphatic rings. The largest absolute Gasteiger partial charge is 0.497 e. The van der Waals surface area contributed by atoms with Gasteiger partial charge < -0.3 is 14.2 Å². The molecule has 0 amide bonds. The topological polar surface area (TPSA) is 62.6 Å². The standard InChI is InChI=1S/C33H30Cl2N2O4/c1-3-40-33(38)5-4-14-41-29-11-6-22(7-12-29)21-37-32(20-31(36-37)26-16-27(34)19-28(35)17-26)25-9-8-24-18-30(39-2)13-10-23(24)15-25/h6-13,15-20H,3-5,14,21H2,1-2H3. The van der Waals surface area contributed by atoms with Crippen molar-refractivity contribution in [3.8, 4) is 34.0 Å². The number of benzene rings is 4. The lowest BCUT2D eigenvalue weighted by molar-refractivity contribution is -0.143. The van der Waals surface area contributed by atoms with Gasteiger partial charge in [-0.1, -0.05) is 53.5 Å². The van der Waals surface area contributed by atoms with Crippen LogP contribution in [-0.2, 0) is 16.1 Å². The Kier molecular flexibility index (Phi) is 9.12. The van der Waals surface area contributed by atoms with Gasteiger partial charge in [0.05, 0.1) is 38.3 Å². The number of carbonyl (C=O) groups is 1. The third-order valence-corrected chi connectivity index (χ3v) is 7.07. The SMILES string of the molecule is CCOC(=O)CCCOc1ccc(Cn2nc(-c3cc(Cl)cc(Cl)c3)cc2-c2ccc3cc(OC)ccc3c2)cc1. The molecule has 0 fully saturated rings. The molecule has 8 heteroatoms. The minimum atomic E-state index is -0.202. The summed E-state index contributed by atoms with van der Waals surface area (Å²) in [7, 11) is 1.67. The Bertz CT molecular complexity index is 1640. The Morgan fingerprint density at radius 1 is 0.829 bits per heavy atom. The van der Waals surface area contributed by atoms with E-state index in [1.54, 1.807) is 20.1 Å². The maximum absolute atomic E-state index is 11.5. The summed E-state index contributed by atoms with van der Waals surface area (Å²) in [6, 6.07) is 27.8. The van der Waals surface area contributed by atoms with Crippen LogP contribution >= 0.6 is 23.2 Å². The van der Waals surface area contributed by atoms with Crippen molar-refractivity contribution in [2.75, 3.05) is 20.3 Å². The summed E-state index contributed by atoms with van der Waals surface area (Å²) in [5.41, 5.74) is 4.69. The number of aromatic nitrogens is 2. The Morgan fingerprint density at radius 3 is 2.27 bits per heavy atom. The van der Waals surface area contributed by atoms with Crippen molar-refractivity contribution in [1.29, 1.82) is 0 Å². The predicted octanol–water partition coefficient (Wildman–Crippen LogP) is 8.46. The second-order valence-electron chi connectivity index (χ2n) is 9.56.